The normalized spacial score (nSPS) is 14.9. The Labute approximate surface area is 109 Å². The molecule has 0 saturated heterocycles. The Hall–Kier alpha value is -0.930. The molecule has 0 amide bonds. The van der Waals surface area contributed by atoms with Crippen molar-refractivity contribution in [2.24, 2.45) is 5.92 Å². The summed E-state index contributed by atoms with van der Waals surface area (Å²) in [6, 6.07) is 3.69. The van der Waals surface area contributed by atoms with E-state index in [4.69, 9.17) is 0 Å². The average Bonchev–Trinajstić information content (AvgIpc) is 2.25. The molecule has 18 heavy (non-hydrogen) atoms. The Kier molecular flexibility index (Phi) is 4.88. The molecule has 0 bridgehead atoms. The van der Waals surface area contributed by atoms with E-state index in [-0.39, 0.29) is 11.7 Å². The number of benzene rings is 1. The van der Waals surface area contributed by atoms with Gasteiger partial charge in [0.1, 0.15) is 5.82 Å². The predicted molar refractivity (Wildman–Crippen MR) is 73.0 cm³/mol. The van der Waals surface area contributed by atoms with Crippen molar-refractivity contribution in [3.63, 3.8) is 0 Å². The maximum atomic E-state index is 13.5. The van der Waals surface area contributed by atoms with Crippen LogP contribution in [0.4, 0.5) is 4.39 Å². The highest BCUT2D eigenvalue weighted by Crippen LogP contribution is 2.16. The summed E-state index contributed by atoms with van der Waals surface area (Å²) in [5, 5.41) is 13.3. The fourth-order valence-electron chi connectivity index (χ4n) is 1.80. The number of aliphatic hydroxyl groups is 1. The first-order chi connectivity index (χ1) is 8.24. The van der Waals surface area contributed by atoms with E-state index in [0.29, 0.717) is 24.2 Å². The van der Waals surface area contributed by atoms with Gasteiger partial charge in [-0.25, -0.2) is 4.39 Å². The molecule has 0 aliphatic rings. The van der Waals surface area contributed by atoms with Crippen LogP contribution in [0.1, 0.15) is 37.5 Å². The lowest BCUT2D eigenvalue weighted by molar-refractivity contribution is 0.0140. The van der Waals surface area contributed by atoms with E-state index in [1.807, 2.05) is 32.9 Å². The van der Waals surface area contributed by atoms with Gasteiger partial charge in [-0.05, 0) is 43.4 Å². The highest BCUT2D eigenvalue weighted by molar-refractivity contribution is 5.30. The lowest BCUT2D eigenvalue weighted by Crippen LogP contribution is -2.41. The van der Waals surface area contributed by atoms with Gasteiger partial charge in [-0.3, -0.25) is 0 Å². The monoisotopic (exact) mass is 253 g/mol. The van der Waals surface area contributed by atoms with Crippen LogP contribution >= 0.6 is 0 Å². The van der Waals surface area contributed by atoms with E-state index in [0.717, 1.165) is 5.56 Å². The maximum absolute atomic E-state index is 13.5. The molecule has 0 aliphatic carbocycles. The van der Waals surface area contributed by atoms with Gasteiger partial charge >= 0.3 is 0 Å². The van der Waals surface area contributed by atoms with Gasteiger partial charge in [-0.2, -0.15) is 0 Å². The summed E-state index contributed by atoms with van der Waals surface area (Å²) in [4.78, 5) is 0. The van der Waals surface area contributed by atoms with Crippen LogP contribution < -0.4 is 5.32 Å². The van der Waals surface area contributed by atoms with Gasteiger partial charge in [-0.1, -0.05) is 26.0 Å². The van der Waals surface area contributed by atoms with Crippen molar-refractivity contribution in [1.29, 1.82) is 0 Å². The summed E-state index contributed by atoms with van der Waals surface area (Å²) in [6.07, 6.45) is 0. The molecule has 0 saturated carbocycles. The number of hydrogen-bond acceptors (Lipinski definition) is 2. The number of hydrogen-bond donors (Lipinski definition) is 2. The minimum absolute atomic E-state index is 0.132. The smallest absolute Gasteiger partial charge is 0.129 e. The van der Waals surface area contributed by atoms with Crippen molar-refractivity contribution >= 4 is 0 Å². The lowest BCUT2D eigenvalue weighted by Gasteiger charge is -2.28. The van der Waals surface area contributed by atoms with Crippen molar-refractivity contribution in [3.05, 3.63) is 34.6 Å². The second-order valence-corrected chi connectivity index (χ2v) is 5.66. The third kappa shape index (κ3) is 3.79. The molecule has 0 aliphatic heterocycles. The second kappa shape index (κ2) is 5.81. The molecule has 1 unspecified atom stereocenters. The Morgan fingerprint density at radius 1 is 1.28 bits per heavy atom. The van der Waals surface area contributed by atoms with E-state index < -0.39 is 5.60 Å². The third-order valence-electron chi connectivity index (χ3n) is 3.55. The van der Waals surface area contributed by atoms with Gasteiger partial charge in [0, 0.05) is 13.1 Å². The van der Waals surface area contributed by atoms with Gasteiger partial charge in [0.25, 0.3) is 0 Å². The summed E-state index contributed by atoms with van der Waals surface area (Å²) in [5.74, 6) is 0.0645. The first-order valence-electron chi connectivity index (χ1n) is 6.42. The summed E-state index contributed by atoms with van der Waals surface area (Å²) < 4.78 is 13.5. The van der Waals surface area contributed by atoms with E-state index in [9.17, 15) is 9.50 Å². The molecule has 0 aromatic heterocycles. The van der Waals surface area contributed by atoms with Gasteiger partial charge in [0.15, 0.2) is 0 Å². The molecule has 1 atom stereocenters. The van der Waals surface area contributed by atoms with E-state index >= 15 is 0 Å². The number of halogens is 1. The molecule has 3 heteroatoms. The fourth-order valence-corrected chi connectivity index (χ4v) is 1.80. The molecule has 0 fully saturated rings. The minimum atomic E-state index is -0.718. The minimum Gasteiger partial charge on any atom is -0.389 e. The van der Waals surface area contributed by atoms with E-state index in [1.54, 1.807) is 13.8 Å². The van der Waals surface area contributed by atoms with Crippen LogP contribution in [-0.2, 0) is 6.54 Å². The summed E-state index contributed by atoms with van der Waals surface area (Å²) in [7, 11) is 0. The van der Waals surface area contributed by atoms with Crippen molar-refractivity contribution in [1.82, 2.24) is 5.32 Å². The topological polar surface area (TPSA) is 32.3 Å². The zero-order chi connectivity index (χ0) is 13.9. The fraction of sp³-hybridized carbons (Fsp3) is 0.600. The lowest BCUT2D eigenvalue weighted by atomic mass is 9.92. The van der Waals surface area contributed by atoms with Crippen LogP contribution in [0.5, 0.6) is 0 Å². The molecule has 1 rings (SSSR count). The number of aryl methyl sites for hydroxylation is 2. The summed E-state index contributed by atoms with van der Waals surface area (Å²) in [5.41, 5.74) is 1.67. The van der Waals surface area contributed by atoms with Crippen LogP contribution in [0.15, 0.2) is 12.1 Å². The predicted octanol–water partition coefficient (Wildman–Crippen LogP) is 2.94. The zero-order valence-corrected chi connectivity index (χ0v) is 12.0. The molecule has 2 N–H and O–H groups in total. The SMILES string of the molecule is Cc1cc(CNCC(C)(O)C(C)C)cc(C)c1F. The third-order valence-corrected chi connectivity index (χ3v) is 3.55. The molecule has 2 nitrogen and oxygen atoms in total. The largest absolute Gasteiger partial charge is 0.389 e. The number of nitrogens with one attached hydrogen (secondary N) is 1. The van der Waals surface area contributed by atoms with Crippen LogP contribution in [0, 0.1) is 25.6 Å². The van der Waals surface area contributed by atoms with Crippen molar-refractivity contribution < 1.29 is 9.50 Å². The summed E-state index contributed by atoms with van der Waals surface area (Å²) >= 11 is 0. The molecule has 0 heterocycles. The van der Waals surface area contributed by atoms with Crippen LogP contribution in [0.2, 0.25) is 0 Å². The zero-order valence-electron chi connectivity index (χ0n) is 12.0. The van der Waals surface area contributed by atoms with Gasteiger partial charge < -0.3 is 10.4 Å². The Balaban J connectivity index is 2.60. The van der Waals surface area contributed by atoms with Gasteiger partial charge in [0.05, 0.1) is 5.60 Å². The van der Waals surface area contributed by atoms with Crippen LogP contribution in [0.3, 0.4) is 0 Å². The average molecular weight is 253 g/mol. The van der Waals surface area contributed by atoms with Crippen molar-refractivity contribution in [2.45, 2.75) is 46.8 Å². The van der Waals surface area contributed by atoms with E-state index in [1.165, 1.54) is 0 Å². The van der Waals surface area contributed by atoms with Crippen molar-refractivity contribution in [3.8, 4) is 0 Å². The molecule has 1 aromatic rings. The molecule has 102 valence electrons. The Bertz CT molecular complexity index is 390. The molecule has 0 radical (unpaired) electrons. The Morgan fingerprint density at radius 2 is 1.78 bits per heavy atom. The molecular weight excluding hydrogens is 229 g/mol. The number of rotatable bonds is 5. The van der Waals surface area contributed by atoms with Crippen LogP contribution in [0.25, 0.3) is 0 Å². The Morgan fingerprint density at radius 3 is 2.22 bits per heavy atom. The molecule has 1 aromatic carbocycles. The second-order valence-electron chi connectivity index (χ2n) is 5.66. The molecular formula is C15H24FNO. The van der Waals surface area contributed by atoms with E-state index in [2.05, 4.69) is 5.32 Å². The van der Waals surface area contributed by atoms with Crippen molar-refractivity contribution in [2.75, 3.05) is 6.54 Å². The standard InChI is InChI=1S/C15H24FNO/c1-10(2)15(5,18)9-17-8-13-6-11(3)14(16)12(4)7-13/h6-7,10,17-18H,8-9H2,1-5H3. The first-order valence-corrected chi connectivity index (χ1v) is 6.42. The van der Waals surface area contributed by atoms with Gasteiger partial charge in [0.2, 0.25) is 0 Å². The first kappa shape index (κ1) is 15.1. The summed E-state index contributed by atoms with van der Waals surface area (Å²) in [6.45, 7) is 10.5. The molecule has 0 spiro atoms. The van der Waals surface area contributed by atoms with Gasteiger partial charge in [-0.15, -0.1) is 0 Å². The highest BCUT2D eigenvalue weighted by atomic mass is 19.1. The maximum Gasteiger partial charge on any atom is 0.129 e. The highest BCUT2D eigenvalue weighted by Gasteiger charge is 2.23. The van der Waals surface area contributed by atoms with Crippen LogP contribution in [-0.4, -0.2) is 17.3 Å². The quantitative estimate of drug-likeness (QED) is 0.845.